The number of piperazine rings is 1. The summed E-state index contributed by atoms with van der Waals surface area (Å²) < 4.78 is 5.66. The summed E-state index contributed by atoms with van der Waals surface area (Å²) in [5.74, 6) is 0.935. The van der Waals surface area contributed by atoms with E-state index in [-0.39, 0.29) is 5.91 Å². The number of carbonyl (C=O) groups is 1. The van der Waals surface area contributed by atoms with E-state index in [1.807, 2.05) is 30.3 Å². The van der Waals surface area contributed by atoms with Crippen molar-refractivity contribution in [3.63, 3.8) is 0 Å². The van der Waals surface area contributed by atoms with Crippen molar-refractivity contribution in [3.8, 4) is 5.75 Å². The highest BCUT2D eigenvalue weighted by atomic mass is 35.5. The normalized spacial score (nSPS) is 15.2. The Bertz CT molecular complexity index is 732. The Morgan fingerprint density at radius 2 is 1.62 bits per heavy atom. The fourth-order valence-electron chi connectivity index (χ4n) is 3.38. The molecule has 5 nitrogen and oxygen atoms in total. The van der Waals surface area contributed by atoms with Gasteiger partial charge in [-0.15, -0.1) is 0 Å². The molecule has 2 aromatic carbocycles. The summed E-state index contributed by atoms with van der Waals surface area (Å²) in [5.41, 5.74) is 1.35. The zero-order valence-corrected chi connectivity index (χ0v) is 17.6. The van der Waals surface area contributed by atoms with E-state index < -0.39 is 0 Å². The van der Waals surface area contributed by atoms with Gasteiger partial charge in [0.2, 0.25) is 5.91 Å². The fraction of sp³-hybridized carbons (Fsp3) is 0.435. The lowest BCUT2D eigenvalue weighted by atomic mass is 10.2. The highest BCUT2D eigenvalue weighted by molar-refractivity contribution is 6.30. The standard InChI is InChI=1S/C23H30ClN3O2/c24-21-8-10-22(11-9-21)29-17-5-4-12-25-23(28)19-27-15-13-26(14-16-27)18-20-6-2-1-3-7-20/h1-3,6-11H,4-5,12-19H2,(H,25,28). The number of hydrogen-bond acceptors (Lipinski definition) is 4. The maximum absolute atomic E-state index is 12.2. The predicted molar refractivity (Wildman–Crippen MR) is 117 cm³/mol. The van der Waals surface area contributed by atoms with Crippen LogP contribution in [0.25, 0.3) is 0 Å². The van der Waals surface area contributed by atoms with Gasteiger partial charge in [0.1, 0.15) is 5.75 Å². The van der Waals surface area contributed by atoms with E-state index in [0.29, 0.717) is 24.7 Å². The monoisotopic (exact) mass is 415 g/mol. The molecule has 3 rings (SSSR count). The van der Waals surface area contributed by atoms with Crippen molar-refractivity contribution < 1.29 is 9.53 Å². The lowest BCUT2D eigenvalue weighted by Crippen LogP contribution is -2.49. The molecule has 1 aliphatic heterocycles. The van der Waals surface area contributed by atoms with Crippen molar-refractivity contribution in [3.05, 3.63) is 65.2 Å². The van der Waals surface area contributed by atoms with Gasteiger partial charge in [-0.2, -0.15) is 0 Å². The second-order valence-electron chi connectivity index (χ2n) is 7.40. The molecule has 1 amide bonds. The topological polar surface area (TPSA) is 44.8 Å². The van der Waals surface area contributed by atoms with Crippen molar-refractivity contribution >= 4 is 17.5 Å². The number of ether oxygens (including phenoxy) is 1. The van der Waals surface area contributed by atoms with Gasteiger partial charge in [0.15, 0.2) is 0 Å². The fourth-order valence-corrected chi connectivity index (χ4v) is 3.51. The molecule has 0 radical (unpaired) electrons. The summed E-state index contributed by atoms with van der Waals surface area (Å²) in [7, 11) is 0. The minimum absolute atomic E-state index is 0.111. The molecule has 1 fully saturated rings. The highest BCUT2D eigenvalue weighted by Gasteiger charge is 2.18. The van der Waals surface area contributed by atoms with Gasteiger partial charge in [-0.25, -0.2) is 0 Å². The summed E-state index contributed by atoms with van der Waals surface area (Å²) in [6.07, 6.45) is 1.81. The highest BCUT2D eigenvalue weighted by Crippen LogP contribution is 2.15. The van der Waals surface area contributed by atoms with Crippen molar-refractivity contribution in [1.82, 2.24) is 15.1 Å². The van der Waals surface area contributed by atoms with Gasteiger partial charge in [0.05, 0.1) is 13.2 Å². The zero-order chi connectivity index (χ0) is 20.3. The number of carbonyl (C=O) groups excluding carboxylic acids is 1. The molecule has 0 aromatic heterocycles. The van der Waals surface area contributed by atoms with E-state index in [1.165, 1.54) is 5.56 Å². The van der Waals surface area contributed by atoms with Crippen LogP contribution in [-0.2, 0) is 11.3 Å². The molecule has 1 N–H and O–H groups in total. The Hall–Kier alpha value is -2.08. The van der Waals surface area contributed by atoms with Crippen LogP contribution in [0.5, 0.6) is 5.75 Å². The molecule has 2 aromatic rings. The third-order valence-corrected chi connectivity index (χ3v) is 5.31. The van der Waals surface area contributed by atoms with Crippen molar-refractivity contribution in [2.75, 3.05) is 45.9 Å². The lowest BCUT2D eigenvalue weighted by molar-refractivity contribution is -0.122. The summed E-state index contributed by atoms with van der Waals surface area (Å²) in [5, 5.41) is 3.73. The molecule has 1 aliphatic rings. The maximum Gasteiger partial charge on any atom is 0.234 e. The summed E-state index contributed by atoms with van der Waals surface area (Å²) in [6, 6.07) is 17.9. The van der Waals surface area contributed by atoms with Crippen LogP contribution in [0.3, 0.4) is 0 Å². The number of benzene rings is 2. The van der Waals surface area contributed by atoms with Gasteiger partial charge < -0.3 is 10.1 Å². The quantitative estimate of drug-likeness (QED) is 0.604. The summed E-state index contributed by atoms with van der Waals surface area (Å²) in [4.78, 5) is 16.8. The number of halogens is 1. The first-order valence-electron chi connectivity index (χ1n) is 10.3. The van der Waals surface area contributed by atoms with Gasteiger partial charge in [-0.3, -0.25) is 14.6 Å². The average molecular weight is 416 g/mol. The molecular formula is C23H30ClN3O2. The maximum atomic E-state index is 12.2. The van der Waals surface area contributed by atoms with Gasteiger partial charge in [-0.05, 0) is 42.7 Å². The molecule has 0 aliphatic carbocycles. The molecule has 0 unspecified atom stereocenters. The van der Waals surface area contributed by atoms with Gasteiger partial charge >= 0.3 is 0 Å². The molecule has 1 saturated heterocycles. The Kier molecular flexibility index (Phi) is 8.81. The van der Waals surface area contributed by atoms with Crippen molar-refractivity contribution in [2.24, 2.45) is 0 Å². The molecule has 6 heteroatoms. The van der Waals surface area contributed by atoms with Crippen molar-refractivity contribution in [1.29, 1.82) is 0 Å². The number of unbranched alkanes of at least 4 members (excludes halogenated alkanes) is 1. The first-order chi connectivity index (χ1) is 14.2. The first kappa shape index (κ1) is 21.6. The minimum atomic E-state index is 0.111. The zero-order valence-electron chi connectivity index (χ0n) is 16.9. The molecule has 0 spiro atoms. The van der Waals surface area contributed by atoms with Crippen molar-refractivity contribution in [2.45, 2.75) is 19.4 Å². The van der Waals surface area contributed by atoms with Crippen LogP contribution >= 0.6 is 11.6 Å². The summed E-state index contributed by atoms with van der Waals surface area (Å²) in [6.45, 7) is 6.69. The molecule has 0 atom stereocenters. The van der Waals surface area contributed by atoms with E-state index in [9.17, 15) is 4.79 Å². The smallest absolute Gasteiger partial charge is 0.234 e. The Balaban J connectivity index is 1.22. The Morgan fingerprint density at radius 1 is 0.931 bits per heavy atom. The van der Waals surface area contributed by atoms with Gasteiger partial charge in [0, 0.05) is 44.3 Å². The largest absolute Gasteiger partial charge is 0.494 e. The molecule has 156 valence electrons. The first-order valence-corrected chi connectivity index (χ1v) is 10.7. The number of nitrogens with one attached hydrogen (secondary N) is 1. The number of rotatable bonds is 10. The molecular weight excluding hydrogens is 386 g/mol. The molecule has 1 heterocycles. The van der Waals surface area contributed by atoms with Crippen LogP contribution in [0, 0.1) is 0 Å². The minimum Gasteiger partial charge on any atom is -0.494 e. The third-order valence-electron chi connectivity index (χ3n) is 5.06. The third kappa shape index (κ3) is 8.05. The van der Waals surface area contributed by atoms with E-state index in [2.05, 4.69) is 39.4 Å². The number of hydrogen-bond donors (Lipinski definition) is 1. The second kappa shape index (κ2) is 11.8. The van der Waals surface area contributed by atoms with Crippen LogP contribution in [0.15, 0.2) is 54.6 Å². The van der Waals surface area contributed by atoms with Gasteiger partial charge in [-0.1, -0.05) is 41.9 Å². The second-order valence-corrected chi connectivity index (χ2v) is 7.83. The van der Waals surface area contributed by atoms with E-state index in [4.69, 9.17) is 16.3 Å². The Morgan fingerprint density at radius 3 is 2.34 bits per heavy atom. The Labute approximate surface area is 178 Å². The SMILES string of the molecule is O=C(CN1CCN(Cc2ccccc2)CC1)NCCCCOc1ccc(Cl)cc1. The van der Waals surface area contributed by atoms with Crippen LogP contribution < -0.4 is 10.1 Å². The van der Waals surface area contributed by atoms with Crippen LogP contribution in [0.1, 0.15) is 18.4 Å². The van der Waals surface area contributed by atoms with Gasteiger partial charge in [0.25, 0.3) is 0 Å². The molecule has 29 heavy (non-hydrogen) atoms. The number of nitrogens with zero attached hydrogens (tertiary/aromatic N) is 2. The van der Waals surface area contributed by atoms with Crippen LogP contribution in [0.4, 0.5) is 0 Å². The summed E-state index contributed by atoms with van der Waals surface area (Å²) >= 11 is 5.85. The predicted octanol–water partition coefficient (Wildman–Crippen LogP) is 3.43. The lowest BCUT2D eigenvalue weighted by Gasteiger charge is -2.34. The molecule has 0 bridgehead atoms. The van der Waals surface area contributed by atoms with Crippen LogP contribution in [0.2, 0.25) is 5.02 Å². The van der Waals surface area contributed by atoms with Crippen LogP contribution in [-0.4, -0.2) is 61.6 Å². The van der Waals surface area contributed by atoms with E-state index in [0.717, 1.165) is 51.3 Å². The average Bonchev–Trinajstić information content (AvgIpc) is 2.74. The van der Waals surface area contributed by atoms with E-state index >= 15 is 0 Å². The molecule has 0 saturated carbocycles. The number of amides is 1. The van der Waals surface area contributed by atoms with E-state index in [1.54, 1.807) is 0 Å².